The van der Waals surface area contributed by atoms with Crippen LogP contribution in [0.1, 0.15) is 26.3 Å². The van der Waals surface area contributed by atoms with Gasteiger partial charge >= 0.3 is 6.09 Å². The predicted molar refractivity (Wildman–Crippen MR) is 89.1 cm³/mol. The molecule has 0 radical (unpaired) electrons. The quantitative estimate of drug-likeness (QED) is 0.561. The lowest BCUT2D eigenvalue weighted by atomic mass is 9.87. The third-order valence-corrected chi connectivity index (χ3v) is 3.56. The van der Waals surface area contributed by atoms with Crippen LogP contribution in [0.15, 0.2) is 30.3 Å². The molecule has 1 rings (SSSR count). The molecule has 0 aliphatic carbocycles. The first-order valence-electron chi connectivity index (χ1n) is 7.80. The maximum Gasteiger partial charge on any atom is 0.407 e. The smallest absolute Gasteiger partial charge is 0.407 e. The monoisotopic (exact) mass is 338 g/mol. The zero-order chi connectivity index (χ0) is 18.2. The lowest BCUT2D eigenvalue weighted by molar-refractivity contribution is -0.137. The van der Waals surface area contributed by atoms with Crippen molar-refractivity contribution >= 4 is 12.0 Å². The van der Waals surface area contributed by atoms with Crippen LogP contribution < -0.4 is 10.6 Å². The van der Waals surface area contributed by atoms with Crippen LogP contribution in [0.2, 0.25) is 0 Å². The number of alkyl carbamates (subject to hydrolysis) is 1. The van der Waals surface area contributed by atoms with Crippen LogP contribution in [0.25, 0.3) is 0 Å². The number of nitrogens with one attached hydrogen (secondary N) is 2. The van der Waals surface area contributed by atoms with Crippen molar-refractivity contribution < 1.29 is 24.5 Å². The summed E-state index contributed by atoms with van der Waals surface area (Å²) in [5, 5.41) is 24.1. The molecule has 4 N–H and O–H groups in total. The van der Waals surface area contributed by atoms with Gasteiger partial charge in [0, 0.05) is 18.0 Å². The SMILES string of the molecule is C[C@H](CNC(=O)[C@H](O)C(C)(C)CO)NC(=O)OCc1ccccc1. The molecule has 1 aromatic rings. The predicted octanol–water partition coefficient (Wildman–Crippen LogP) is 0.797. The van der Waals surface area contributed by atoms with Crippen molar-refractivity contribution in [3.63, 3.8) is 0 Å². The molecule has 0 unspecified atom stereocenters. The summed E-state index contributed by atoms with van der Waals surface area (Å²) in [5.74, 6) is -0.597. The highest BCUT2D eigenvalue weighted by molar-refractivity contribution is 5.81. The third kappa shape index (κ3) is 6.55. The molecule has 2 atom stereocenters. The Morgan fingerprint density at radius 3 is 2.46 bits per heavy atom. The van der Waals surface area contributed by atoms with E-state index in [0.717, 1.165) is 5.56 Å². The first-order valence-corrected chi connectivity index (χ1v) is 7.80. The molecule has 0 heterocycles. The van der Waals surface area contributed by atoms with E-state index in [2.05, 4.69) is 10.6 Å². The fourth-order valence-electron chi connectivity index (χ4n) is 1.81. The number of hydrogen-bond donors (Lipinski definition) is 4. The average molecular weight is 338 g/mol. The minimum Gasteiger partial charge on any atom is -0.445 e. The Bertz CT molecular complexity index is 533. The second-order valence-electron chi connectivity index (χ2n) is 6.40. The van der Waals surface area contributed by atoms with Gasteiger partial charge in [-0.25, -0.2) is 4.79 Å². The molecule has 0 aliphatic heterocycles. The summed E-state index contributed by atoms with van der Waals surface area (Å²) >= 11 is 0. The topological polar surface area (TPSA) is 108 Å². The van der Waals surface area contributed by atoms with Crippen molar-refractivity contribution in [2.24, 2.45) is 5.41 Å². The fraction of sp³-hybridized carbons (Fsp3) is 0.529. The molecule has 7 nitrogen and oxygen atoms in total. The molecule has 0 saturated carbocycles. The van der Waals surface area contributed by atoms with Gasteiger partial charge in [0.1, 0.15) is 12.7 Å². The van der Waals surface area contributed by atoms with Crippen molar-refractivity contribution in [3.8, 4) is 0 Å². The van der Waals surface area contributed by atoms with E-state index in [-0.39, 0.29) is 25.8 Å². The Kier molecular flexibility index (Phi) is 7.67. The third-order valence-electron chi connectivity index (χ3n) is 3.56. The van der Waals surface area contributed by atoms with Crippen LogP contribution in [0.5, 0.6) is 0 Å². The van der Waals surface area contributed by atoms with Crippen molar-refractivity contribution in [2.75, 3.05) is 13.2 Å². The van der Waals surface area contributed by atoms with Gasteiger partial charge in [0.2, 0.25) is 5.91 Å². The Hall–Kier alpha value is -2.12. The van der Waals surface area contributed by atoms with Gasteiger partial charge in [-0.05, 0) is 12.5 Å². The molecule has 1 aromatic carbocycles. The minimum absolute atomic E-state index is 0.137. The summed E-state index contributed by atoms with van der Waals surface area (Å²) in [7, 11) is 0. The van der Waals surface area contributed by atoms with Crippen LogP contribution in [-0.2, 0) is 16.1 Å². The van der Waals surface area contributed by atoms with Crippen LogP contribution in [0, 0.1) is 5.41 Å². The molecule has 0 spiro atoms. The summed E-state index contributed by atoms with van der Waals surface area (Å²) in [6, 6.07) is 8.91. The standard InChI is InChI=1S/C17H26N2O5/c1-12(9-18-15(22)14(21)17(2,3)11-20)19-16(23)24-10-13-7-5-4-6-8-13/h4-8,12,14,20-21H,9-11H2,1-3H3,(H,18,22)(H,19,23)/t12-,14+/m1/s1. The van der Waals surface area contributed by atoms with Crippen LogP contribution in [0.4, 0.5) is 4.79 Å². The fourth-order valence-corrected chi connectivity index (χ4v) is 1.81. The van der Waals surface area contributed by atoms with Crippen molar-refractivity contribution in [2.45, 2.75) is 39.5 Å². The summed E-state index contributed by atoms with van der Waals surface area (Å²) in [6.45, 7) is 4.85. The molecule has 7 heteroatoms. The van der Waals surface area contributed by atoms with Gasteiger partial charge < -0.3 is 25.6 Å². The van der Waals surface area contributed by atoms with Gasteiger partial charge in [0.25, 0.3) is 0 Å². The van der Waals surface area contributed by atoms with Gasteiger partial charge in [0.15, 0.2) is 0 Å². The zero-order valence-electron chi connectivity index (χ0n) is 14.3. The van der Waals surface area contributed by atoms with Crippen LogP contribution in [0.3, 0.4) is 0 Å². The van der Waals surface area contributed by atoms with E-state index in [0.29, 0.717) is 0 Å². The zero-order valence-corrected chi connectivity index (χ0v) is 14.3. The van der Waals surface area contributed by atoms with Gasteiger partial charge in [-0.15, -0.1) is 0 Å². The normalized spacial score (nSPS) is 13.7. The number of ether oxygens (including phenoxy) is 1. The first-order chi connectivity index (χ1) is 11.3. The Balaban J connectivity index is 2.31. The molecule has 0 bridgehead atoms. The largest absolute Gasteiger partial charge is 0.445 e. The summed E-state index contributed by atoms with van der Waals surface area (Å²) < 4.78 is 5.08. The highest BCUT2D eigenvalue weighted by Gasteiger charge is 2.32. The Morgan fingerprint density at radius 1 is 1.25 bits per heavy atom. The van der Waals surface area contributed by atoms with Gasteiger partial charge in [-0.3, -0.25) is 4.79 Å². The molecule has 0 aromatic heterocycles. The number of carbonyl (C=O) groups excluding carboxylic acids is 2. The van der Waals surface area contributed by atoms with Gasteiger partial charge in [0.05, 0.1) is 6.61 Å². The second kappa shape index (κ2) is 9.24. The maximum absolute atomic E-state index is 11.8. The highest BCUT2D eigenvalue weighted by Crippen LogP contribution is 2.19. The Morgan fingerprint density at radius 2 is 1.88 bits per heavy atom. The first kappa shape index (κ1) is 19.9. The lowest BCUT2D eigenvalue weighted by Gasteiger charge is -2.27. The number of rotatable bonds is 8. The van der Waals surface area contributed by atoms with E-state index in [1.807, 2.05) is 30.3 Å². The van der Waals surface area contributed by atoms with Crippen molar-refractivity contribution in [1.82, 2.24) is 10.6 Å². The summed E-state index contributed by atoms with van der Waals surface area (Å²) in [6.07, 6.45) is -1.92. The van der Waals surface area contributed by atoms with Gasteiger partial charge in [-0.1, -0.05) is 44.2 Å². The average Bonchev–Trinajstić information content (AvgIpc) is 2.58. The molecule has 0 fully saturated rings. The van der Waals surface area contributed by atoms with E-state index in [1.165, 1.54) is 0 Å². The van der Waals surface area contributed by atoms with Crippen LogP contribution in [-0.4, -0.2) is 47.5 Å². The molecule has 0 aliphatic rings. The molecule has 0 saturated heterocycles. The molecular weight excluding hydrogens is 312 g/mol. The lowest BCUT2D eigenvalue weighted by Crippen LogP contribution is -2.49. The molecule has 24 heavy (non-hydrogen) atoms. The minimum atomic E-state index is -1.33. The number of carbonyl (C=O) groups is 2. The van der Waals surface area contributed by atoms with E-state index in [1.54, 1.807) is 20.8 Å². The number of amides is 2. The summed E-state index contributed by atoms with van der Waals surface area (Å²) in [5.41, 5.74) is -0.0574. The molecule has 2 amide bonds. The summed E-state index contributed by atoms with van der Waals surface area (Å²) in [4.78, 5) is 23.5. The van der Waals surface area contributed by atoms with Crippen molar-refractivity contribution in [1.29, 1.82) is 0 Å². The molecule has 134 valence electrons. The van der Waals surface area contributed by atoms with E-state index in [9.17, 15) is 14.7 Å². The number of hydrogen-bond acceptors (Lipinski definition) is 5. The Labute approximate surface area is 142 Å². The molecular formula is C17H26N2O5. The number of aliphatic hydroxyl groups excluding tert-OH is 2. The van der Waals surface area contributed by atoms with Crippen LogP contribution >= 0.6 is 0 Å². The van der Waals surface area contributed by atoms with Crippen molar-refractivity contribution in [3.05, 3.63) is 35.9 Å². The number of aliphatic hydroxyl groups is 2. The van der Waals surface area contributed by atoms with E-state index >= 15 is 0 Å². The second-order valence-corrected chi connectivity index (χ2v) is 6.40. The number of benzene rings is 1. The van der Waals surface area contributed by atoms with Gasteiger partial charge in [-0.2, -0.15) is 0 Å². The maximum atomic E-state index is 11.8. The van der Waals surface area contributed by atoms with E-state index < -0.39 is 23.5 Å². The highest BCUT2D eigenvalue weighted by atomic mass is 16.5. The van der Waals surface area contributed by atoms with E-state index in [4.69, 9.17) is 9.84 Å².